The van der Waals surface area contributed by atoms with Gasteiger partial charge in [0.1, 0.15) is 11.5 Å². The normalized spacial score (nSPS) is 15.5. The average Bonchev–Trinajstić information content (AvgIpc) is 2.87. The van der Waals surface area contributed by atoms with Crippen molar-refractivity contribution in [1.29, 1.82) is 5.26 Å². The van der Waals surface area contributed by atoms with Gasteiger partial charge in [-0.15, -0.1) is 0 Å². The van der Waals surface area contributed by atoms with Crippen LogP contribution in [0.5, 0.6) is 0 Å². The second-order valence-electron chi connectivity index (χ2n) is 7.28. The lowest BCUT2D eigenvalue weighted by atomic mass is 9.80. The Morgan fingerprint density at radius 2 is 1.53 bits per heavy atom. The summed E-state index contributed by atoms with van der Waals surface area (Å²) in [5, 5.41) is 10.1. The maximum absolute atomic E-state index is 13.1. The van der Waals surface area contributed by atoms with Gasteiger partial charge in [0.05, 0.1) is 55.7 Å². The number of carbonyl (C=O) groups is 3. The van der Waals surface area contributed by atoms with E-state index < -0.39 is 23.8 Å². The molecule has 1 aliphatic heterocycles. The molecule has 2 N–H and O–H groups in total. The molecule has 0 fully saturated rings. The quantitative estimate of drug-likeness (QED) is 0.527. The summed E-state index contributed by atoms with van der Waals surface area (Å²) in [5.41, 5.74) is 7.67. The standard InChI is InChI=1S/C25H23N3O6/c1-14-16(23(29)32-2)11-8-12-18(14)28-21(25(31)34-4)20(24(30)33-3)19(17(13-26)22(28)27)15-9-6-5-7-10-15/h5-12,19H,27H2,1-4H3. The van der Waals surface area contributed by atoms with Gasteiger partial charge in [0.2, 0.25) is 0 Å². The lowest BCUT2D eigenvalue weighted by Gasteiger charge is -2.36. The van der Waals surface area contributed by atoms with E-state index >= 15 is 0 Å². The van der Waals surface area contributed by atoms with Crippen LogP contribution in [0.2, 0.25) is 0 Å². The highest BCUT2D eigenvalue weighted by Crippen LogP contribution is 2.44. The first kappa shape index (κ1) is 24.1. The number of esters is 3. The number of nitrogens with two attached hydrogens (primary N) is 1. The Kier molecular flexibility index (Phi) is 7.02. The van der Waals surface area contributed by atoms with Gasteiger partial charge < -0.3 is 19.9 Å². The highest BCUT2D eigenvalue weighted by molar-refractivity contribution is 6.07. The fourth-order valence-electron chi connectivity index (χ4n) is 3.96. The molecule has 1 aliphatic rings. The van der Waals surface area contributed by atoms with E-state index in [0.717, 1.165) is 7.11 Å². The summed E-state index contributed by atoms with van der Waals surface area (Å²) >= 11 is 0. The number of rotatable bonds is 5. The molecule has 0 radical (unpaired) electrons. The van der Waals surface area contributed by atoms with Gasteiger partial charge in [-0.05, 0) is 30.2 Å². The van der Waals surface area contributed by atoms with E-state index in [-0.39, 0.29) is 28.2 Å². The molecule has 9 nitrogen and oxygen atoms in total. The summed E-state index contributed by atoms with van der Waals surface area (Å²) in [6.45, 7) is 1.64. The van der Waals surface area contributed by atoms with Crippen LogP contribution >= 0.6 is 0 Å². The van der Waals surface area contributed by atoms with E-state index in [1.54, 1.807) is 55.5 Å². The molecule has 1 heterocycles. The van der Waals surface area contributed by atoms with Crippen LogP contribution in [0.1, 0.15) is 27.4 Å². The van der Waals surface area contributed by atoms with Crippen molar-refractivity contribution in [1.82, 2.24) is 0 Å². The Morgan fingerprint density at radius 3 is 2.09 bits per heavy atom. The Hall–Kier alpha value is -4.58. The number of allylic oxidation sites excluding steroid dienone is 1. The molecule has 9 heteroatoms. The van der Waals surface area contributed by atoms with E-state index in [2.05, 4.69) is 6.07 Å². The molecule has 34 heavy (non-hydrogen) atoms. The minimum absolute atomic E-state index is 0.0297. The maximum atomic E-state index is 13.1. The van der Waals surface area contributed by atoms with E-state index in [9.17, 15) is 19.6 Å². The lowest BCUT2D eigenvalue weighted by molar-refractivity contribution is -0.139. The molecule has 1 unspecified atom stereocenters. The number of nitrogens with zero attached hydrogens (tertiary/aromatic N) is 2. The number of ether oxygens (including phenoxy) is 3. The van der Waals surface area contributed by atoms with Gasteiger partial charge >= 0.3 is 17.9 Å². The van der Waals surface area contributed by atoms with Crippen molar-refractivity contribution in [3.05, 3.63) is 87.9 Å². The van der Waals surface area contributed by atoms with Crippen LogP contribution in [0.3, 0.4) is 0 Å². The van der Waals surface area contributed by atoms with Gasteiger partial charge in [0.15, 0.2) is 0 Å². The number of benzene rings is 2. The Labute approximate surface area is 196 Å². The molecule has 1 atom stereocenters. The zero-order valence-corrected chi connectivity index (χ0v) is 19.1. The second-order valence-corrected chi connectivity index (χ2v) is 7.28. The first-order chi connectivity index (χ1) is 16.3. The highest BCUT2D eigenvalue weighted by Gasteiger charge is 2.43. The van der Waals surface area contributed by atoms with Crippen molar-refractivity contribution in [2.75, 3.05) is 26.2 Å². The number of methoxy groups -OCH3 is 3. The van der Waals surface area contributed by atoms with Crippen molar-refractivity contribution in [2.45, 2.75) is 12.8 Å². The lowest BCUT2D eigenvalue weighted by Crippen LogP contribution is -2.41. The number of anilines is 1. The molecule has 2 aromatic rings. The molecular formula is C25H23N3O6. The zero-order valence-electron chi connectivity index (χ0n) is 19.1. The number of nitriles is 1. The predicted octanol–water partition coefficient (Wildman–Crippen LogP) is 2.68. The third-order valence-corrected chi connectivity index (χ3v) is 5.56. The fraction of sp³-hybridized carbons (Fsp3) is 0.200. The van der Waals surface area contributed by atoms with E-state index in [4.69, 9.17) is 19.9 Å². The van der Waals surface area contributed by atoms with Gasteiger partial charge in [0, 0.05) is 0 Å². The molecule has 0 saturated carbocycles. The van der Waals surface area contributed by atoms with Crippen molar-refractivity contribution in [3.63, 3.8) is 0 Å². The van der Waals surface area contributed by atoms with Gasteiger partial charge in [-0.3, -0.25) is 4.90 Å². The summed E-state index contributed by atoms with van der Waals surface area (Å²) in [6.07, 6.45) is 0. The Balaban J connectivity index is 2.44. The highest BCUT2D eigenvalue weighted by atomic mass is 16.5. The van der Waals surface area contributed by atoms with Crippen molar-refractivity contribution in [3.8, 4) is 6.07 Å². The fourth-order valence-corrected chi connectivity index (χ4v) is 3.96. The molecular weight excluding hydrogens is 438 g/mol. The van der Waals surface area contributed by atoms with Gasteiger partial charge in [-0.25, -0.2) is 14.4 Å². The zero-order chi connectivity index (χ0) is 25.0. The van der Waals surface area contributed by atoms with Crippen LogP contribution in [0.4, 0.5) is 5.69 Å². The van der Waals surface area contributed by atoms with Crippen LogP contribution in [0.25, 0.3) is 0 Å². The molecule has 0 bridgehead atoms. The second kappa shape index (κ2) is 9.92. The van der Waals surface area contributed by atoms with Crippen LogP contribution in [-0.2, 0) is 23.8 Å². The minimum atomic E-state index is -0.979. The molecule has 0 amide bonds. The molecule has 0 aliphatic carbocycles. The van der Waals surface area contributed by atoms with Crippen LogP contribution in [-0.4, -0.2) is 39.2 Å². The molecule has 0 spiro atoms. The molecule has 0 aromatic heterocycles. The van der Waals surface area contributed by atoms with E-state index in [1.165, 1.54) is 19.1 Å². The van der Waals surface area contributed by atoms with Crippen molar-refractivity contribution >= 4 is 23.6 Å². The summed E-state index contributed by atoms with van der Waals surface area (Å²) < 4.78 is 14.9. The van der Waals surface area contributed by atoms with Crippen LogP contribution in [0, 0.1) is 18.3 Å². The van der Waals surface area contributed by atoms with Crippen LogP contribution in [0.15, 0.2) is 71.2 Å². The first-order valence-corrected chi connectivity index (χ1v) is 10.2. The summed E-state index contributed by atoms with van der Waals surface area (Å²) in [4.78, 5) is 39.7. The number of carbonyl (C=O) groups excluding carboxylic acids is 3. The number of hydrogen-bond donors (Lipinski definition) is 1. The maximum Gasteiger partial charge on any atom is 0.355 e. The molecule has 0 saturated heterocycles. The molecule has 174 valence electrons. The van der Waals surface area contributed by atoms with Crippen molar-refractivity contribution < 1.29 is 28.6 Å². The van der Waals surface area contributed by atoms with E-state index in [1.807, 2.05) is 0 Å². The topological polar surface area (TPSA) is 132 Å². The third kappa shape index (κ3) is 3.97. The average molecular weight is 461 g/mol. The predicted molar refractivity (Wildman–Crippen MR) is 122 cm³/mol. The third-order valence-electron chi connectivity index (χ3n) is 5.56. The van der Waals surface area contributed by atoms with Gasteiger partial charge in [0.25, 0.3) is 0 Å². The first-order valence-electron chi connectivity index (χ1n) is 10.2. The van der Waals surface area contributed by atoms with Crippen molar-refractivity contribution in [2.24, 2.45) is 5.73 Å². The smallest absolute Gasteiger partial charge is 0.355 e. The Bertz CT molecular complexity index is 1260. The minimum Gasteiger partial charge on any atom is -0.466 e. The van der Waals surface area contributed by atoms with Gasteiger partial charge in [-0.1, -0.05) is 36.4 Å². The van der Waals surface area contributed by atoms with E-state index in [0.29, 0.717) is 16.8 Å². The Morgan fingerprint density at radius 1 is 0.912 bits per heavy atom. The largest absolute Gasteiger partial charge is 0.466 e. The SMILES string of the molecule is COC(=O)C1=C(C(=O)OC)N(c2cccc(C(=O)OC)c2C)C(N)=C(C#N)C1c1ccccc1. The van der Waals surface area contributed by atoms with Gasteiger partial charge in [-0.2, -0.15) is 5.26 Å². The summed E-state index contributed by atoms with van der Waals surface area (Å²) in [5.74, 6) is -3.37. The number of hydrogen-bond acceptors (Lipinski definition) is 9. The molecule has 2 aromatic carbocycles. The molecule has 3 rings (SSSR count). The summed E-state index contributed by atoms with van der Waals surface area (Å²) in [7, 11) is 3.59. The van der Waals surface area contributed by atoms with Crippen LogP contribution < -0.4 is 10.6 Å². The monoisotopic (exact) mass is 461 g/mol. The summed E-state index contributed by atoms with van der Waals surface area (Å²) in [6, 6.07) is 15.5.